The number of aliphatic hydroxyl groups is 1. The van der Waals surface area contributed by atoms with Crippen molar-refractivity contribution in [2.45, 2.75) is 32.6 Å². The highest BCUT2D eigenvalue weighted by molar-refractivity contribution is 7.39. The molecule has 178 valence electrons. The summed E-state index contributed by atoms with van der Waals surface area (Å²) in [6, 6.07) is 16.9. The number of aromatic nitrogens is 3. The zero-order valence-electron chi connectivity index (χ0n) is 18.8. The average Bonchev–Trinajstić information content (AvgIpc) is 3.19. The Labute approximate surface area is 197 Å². The second-order valence-electron chi connectivity index (χ2n) is 8.41. The minimum atomic E-state index is -2.60. The maximum atomic E-state index is 13.3. The third-order valence-electron chi connectivity index (χ3n) is 5.27. The van der Waals surface area contributed by atoms with Crippen LogP contribution >= 0.6 is 8.60 Å². The second kappa shape index (κ2) is 10.0. The molecule has 0 radical (unpaired) electrons. The topological polar surface area (TPSA) is 119 Å². The van der Waals surface area contributed by atoms with Gasteiger partial charge in [-0.1, -0.05) is 30.3 Å². The van der Waals surface area contributed by atoms with Gasteiger partial charge in [0.15, 0.2) is 5.65 Å². The van der Waals surface area contributed by atoms with Gasteiger partial charge in [0.25, 0.3) is 5.56 Å². The number of hydrogen-bond acceptors (Lipinski definition) is 7. The van der Waals surface area contributed by atoms with Crippen LogP contribution in [0.15, 0.2) is 71.9 Å². The first kappa shape index (κ1) is 24.1. The summed E-state index contributed by atoms with van der Waals surface area (Å²) in [6.07, 6.45) is 3.68. The van der Waals surface area contributed by atoms with E-state index in [0.29, 0.717) is 35.4 Å². The number of hydrogen-bond donors (Lipinski definition) is 3. The number of nitrogens with zero attached hydrogens (tertiary/aromatic N) is 3. The Morgan fingerprint density at radius 2 is 1.76 bits per heavy atom. The third kappa shape index (κ3) is 5.52. The van der Waals surface area contributed by atoms with Crippen LogP contribution in [-0.2, 0) is 11.3 Å². The maximum absolute atomic E-state index is 13.3. The van der Waals surface area contributed by atoms with Crippen molar-refractivity contribution < 1.29 is 24.2 Å². The molecule has 3 N–H and O–H groups in total. The van der Waals surface area contributed by atoms with Crippen molar-refractivity contribution >= 4 is 19.6 Å². The third-order valence-corrected chi connectivity index (χ3v) is 5.61. The van der Waals surface area contributed by atoms with Gasteiger partial charge in [0, 0.05) is 23.9 Å². The van der Waals surface area contributed by atoms with E-state index < -0.39 is 14.2 Å². The minimum Gasteiger partial charge on any atom is -0.493 e. The molecule has 0 aliphatic heterocycles. The molecule has 0 amide bonds. The average molecular weight is 483 g/mol. The summed E-state index contributed by atoms with van der Waals surface area (Å²) in [7, 11) is -2.60. The Hall–Kier alpha value is -3.07. The molecule has 10 heteroatoms. The van der Waals surface area contributed by atoms with E-state index >= 15 is 0 Å². The molecule has 0 unspecified atom stereocenters. The molecule has 4 rings (SSSR count). The van der Waals surface area contributed by atoms with E-state index in [-0.39, 0.29) is 12.3 Å². The zero-order chi connectivity index (χ0) is 24.3. The van der Waals surface area contributed by atoms with Gasteiger partial charge in [-0.2, -0.15) is 0 Å². The van der Waals surface area contributed by atoms with Crippen LogP contribution in [0.3, 0.4) is 0 Å². The van der Waals surface area contributed by atoms with Crippen LogP contribution in [0.5, 0.6) is 5.75 Å². The highest BCUT2D eigenvalue weighted by Gasteiger charge is 2.18. The molecular weight excluding hydrogens is 457 g/mol. The van der Waals surface area contributed by atoms with E-state index in [9.17, 15) is 9.90 Å². The first-order valence-corrected chi connectivity index (χ1v) is 11.8. The molecule has 0 aliphatic rings. The lowest BCUT2D eigenvalue weighted by Crippen LogP contribution is -2.21. The molecule has 0 spiro atoms. The maximum Gasteiger partial charge on any atom is 0.328 e. The van der Waals surface area contributed by atoms with Gasteiger partial charge in [-0.25, -0.2) is 4.98 Å². The van der Waals surface area contributed by atoms with Crippen molar-refractivity contribution in [2.75, 3.05) is 6.61 Å². The van der Waals surface area contributed by atoms with Gasteiger partial charge in [0.1, 0.15) is 18.8 Å². The van der Waals surface area contributed by atoms with Gasteiger partial charge < -0.3 is 24.2 Å². The van der Waals surface area contributed by atoms with Gasteiger partial charge in [0.2, 0.25) is 0 Å². The zero-order valence-corrected chi connectivity index (χ0v) is 19.7. The fraction of sp³-hybridized carbons (Fsp3) is 0.250. The molecule has 0 saturated carbocycles. The highest BCUT2D eigenvalue weighted by atomic mass is 31.2. The Balaban J connectivity index is 1.75. The van der Waals surface area contributed by atoms with Gasteiger partial charge in [-0.15, -0.1) is 0 Å². The molecule has 0 atom stereocenters. The molecule has 0 saturated heterocycles. The van der Waals surface area contributed by atoms with Crippen molar-refractivity contribution in [3.05, 3.63) is 77.5 Å². The molecule has 34 heavy (non-hydrogen) atoms. The van der Waals surface area contributed by atoms with Gasteiger partial charge in [-0.3, -0.25) is 13.9 Å². The predicted molar refractivity (Wildman–Crippen MR) is 130 cm³/mol. The normalized spacial score (nSPS) is 11.9. The van der Waals surface area contributed by atoms with Crippen LogP contribution in [-0.4, -0.2) is 41.2 Å². The van der Waals surface area contributed by atoms with Crippen LogP contribution in [0.1, 0.15) is 20.3 Å². The van der Waals surface area contributed by atoms with E-state index in [1.807, 2.05) is 65.4 Å². The fourth-order valence-electron chi connectivity index (χ4n) is 3.51. The molecule has 4 aromatic rings. The molecule has 2 aromatic heterocycles. The molecule has 0 bridgehead atoms. The number of ether oxygens (including phenoxy) is 1. The number of fused-ring (bicyclic) bond motifs is 1. The van der Waals surface area contributed by atoms with E-state index in [1.165, 1.54) is 10.9 Å². The van der Waals surface area contributed by atoms with Crippen LogP contribution in [0.25, 0.3) is 27.8 Å². The highest BCUT2D eigenvalue weighted by Crippen LogP contribution is 2.31. The molecule has 2 aromatic carbocycles. The lowest BCUT2D eigenvalue weighted by Gasteiger charge is -2.17. The van der Waals surface area contributed by atoms with Crippen LogP contribution in [0.4, 0.5) is 0 Å². The molecule has 2 heterocycles. The van der Waals surface area contributed by atoms with Crippen molar-refractivity contribution in [2.24, 2.45) is 0 Å². The summed E-state index contributed by atoms with van der Waals surface area (Å²) in [6.45, 7) is 3.51. The largest absolute Gasteiger partial charge is 0.493 e. The minimum absolute atomic E-state index is 0.329. The van der Waals surface area contributed by atoms with Crippen LogP contribution < -0.4 is 10.3 Å². The summed E-state index contributed by atoms with van der Waals surface area (Å²) < 4.78 is 13.6. The summed E-state index contributed by atoms with van der Waals surface area (Å²) in [5.74, 6) is 0.656. The fourth-order valence-corrected chi connectivity index (χ4v) is 3.74. The quantitative estimate of drug-likeness (QED) is 0.311. The predicted octanol–water partition coefficient (Wildman–Crippen LogP) is 3.58. The number of para-hydroxylation sites is 1. The van der Waals surface area contributed by atoms with Crippen molar-refractivity contribution in [3.8, 4) is 22.6 Å². The first-order valence-electron chi connectivity index (χ1n) is 10.7. The smallest absolute Gasteiger partial charge is 0.328 e. The van der Waals surface area contributed by atoms with Crippen LogP contribution in [0.2, 0.25) is 0 Å². The Kier molecular flexibility index (Phi) is 7.11. The SMILES string of the molecule is CC(C)(O)CCOc1ccc(-c2cn(-c3ccccc3)c3ncn(COP(O)O)c(=O)c23)cc1. The Morgan fingerprint density at radius 1 is 1.06 bits per heavy atom. The van der Waals surface area contributed by atoms with E-state index in [1.54, 1.807) is 13.8 Å². The molecule has 0 fully saturated rings. The van der Waals surface area contributed by atoms with E-state index in [0.717, 1.165) is 11.3 Å². The van der Waals surface area contributed by atoms with Gasteiger partial charge in [-0.05, 0) is 43.7 Å². The monoisotopic (exact) mass is 483 g/mol. The summed E-state index contributed by atoms with van der Waals surface area (Å²) in [5, 5.41) is 10.2. The molecular formula is C24H26N3O6P. The van der Waals surface area contributed by atoms with Crippen molar-refractivity contribution in [3.63, 3.8) is 0 Å². The lowest BCUT2D eigenvalue weighted by molar-refractivity contribution is 0.0553. The Morgan fingerprint density at radius 3 is 2.41 bits per heavy atom. The molecule has 9 nitrogen and oxygen atoms in total. The van der Waals surface area contributed by atoms with Gasteiger partial charge >= 0.3 is 8.60 Å². The lowest BCUT2D eigenvalue weighted by atomic mass is 10.1. The van der Waals surface area contributed by atoms with Crippen molar-refractivity contribution in [1.29, 1.82) is 0 Å². The first-order chi connectivity index (χ1) is 16.2. The van der Waals surface area contributed by atoms with E-state index in [4.69, 9.17) is 19.0 Å². The standard InChI is InChI=1S/C24H26N3O6P/c1-24(2,29)12-13-32-19-10-8-17(9-11-19)20-14-27(18-6-4-3-5-7-18)22-21(20)23(28)26(15-25-22)16-33-34(30)31/h3-11,14-15,29-31H,12-13,16H2,1-2H3. The number of benzene rings is 2. The summed E-state index contributed by atoms with van der Waals surface area (Å²) in [4.78, 5) is 35.9. The number of rotatable bonds is 9. The summed E-state index contributed by atoms with van der Waals surface area (Å²) >= 11 is 0. The van der Waals surface area contributed by atoms with Gasteiger partial charge in [0.05, 0.1) is 17.6 Å². The molecule has 0 aliphatic carbocycles. The van der Waals surface area contributed by atoms with Crippen LogP contribution in [0, 0.1) is 0 Å². The second-order valence-corrected chi connectivity index (χ2v) is 9.18. The van der Waals surface area contributed by atoms with Crippen molar-refractivity contribution in [1.82, 2.24) is 14.1 Å². The summed E-state index contributed by atoms with van der Waals surface area (Å²) in [5.41, 5.74) is 1.62. The Bertz CT molecular complexity index is 1310. The van der Waals surface area contributed by atoms with E-state index in [2.05, 4.69) is 4.98 Å².